The molecule has 3 aromatic rings. The van der Waals surface area contributed by atoms with Crippen molar-refractivity contribution in [3.05, 3.63) is 65.4 Å². The van der Waals surface area contributed by atoms with E-state index in [4.69, 9.17) is 9.15 Å². The van der Waals surface area contributed by atoms with Crippen LogP contribution in [0.5, 0.6) is 0 Å². The summed E-state index contributed by atoms with van der Waals surface area (Å²) in [6.45, 7) is 4.60. The molecule has 0 fully saturated rings. The predicted molar refractivity (Wildman–Crippen MR) is 95.4 cm³/mol. The van der Waals surface area contributed by atoms with Gasteiger partial charge in [0.25, 0.3) is 5.91 Å². The van der Waals surface area contributed by atoms with Gasteiger partial charge >= 0.3 is 0 Å². The quantitative estimate of drug-likeness (QED) is 0.722. The highest BCUT2D eigenvalue weighted by Gasteiger charge is 2.20. The normalized spacial score (nSPS) is 11.2. The van der Waals surface area contributed by atoms with Gasteiger partial charge in [0.15, 0.2) is 5.76 Å². The Labute approximate surface area is 141 Å². The molecule has 1 N–H and O–H groups in total. The molecule has 0 bridgehead atoms. The third-order valence-electron chi connectivity index (χ3n) is 4.03. The van der Waals surface area contributed by atoms with Gasteiger partial charge in [0.05, 0.1) is 6.61 Å². The highest BCUT2D eigenvalue weighted by molar-refractivity contribution is 6.06. The Kier molecular flexibility index (Phi) is 4.67. The van der Waals surface area contributed by atoms with Crippen molar-refractivity contribution < 1.29 is 13.9 Å². The van der Waals surface area contributed by atoms with E-state index in [1.165, 1.54) is 5.56 Å². The summed E-state index contributed by atoms with van der Waals surface area (Å²) in [5, 5.41) is 3.80. The number of methoxy groups -OCH3 is 1. The minimum atomic E-state index is -0.268. The van der Waals surface area contributed by atoms with Crippen molar-refractivity contribution in [1.29, 1.82) is 0 Å². The largest absolute Gasteiger partial charge is 0.451 e. The second kappa shape index (κ2) is 6.89. The molecule has 1 heterocycles. The molecular formula is C20H21NO3. The number of carbonyl (C=O) groups excluding carboxylic acids is 1. The average Bonchev–Trinajstić information content (AvgIpc) is 2.95. The van der Waals surface area contributed by atoms with Crippen LogP contribution in [0.25, 0.3) is 11.0 Å². The topological polar surface area (TPSA) is 51.5 Å². The van der Waals surface area contributed by atoms with Crippen molar-refractivity contribution in [3.63, 3.8) is 0 Å². The number of hydrogen-bond donors (Lipinski definition) is 1. The summed E-state index contributed by atoms with van der Waals surface area (Å²) in [6.07, 6.45) is 0. The Morgan fingerprint density at radius 2 is 1.83 bits per heavy atom. The van der Waals surface area contributed by atoms with E-state index in [9.17, 15) is 4.79 Å². The first-order valence-electron chi connectivity index (χ1n) is 8.00. The molecule has 0 radical (unpaired) electrons. The Hall–Kier alpha value is -2.59. The number of rotatable bonds is 5. The van der Waals surface area contributed by atoms with E-state index >= 15 is 0 Å². The van der Waals surface area contributed by atoms with Crippen LogP contribution in [0.15, 0.2) is 52.9 Å². The number of furan rings is 1. The van der Waals surface area contributed by atoms with Crippen LogP contribution < -0.4 is 5.32 Å². The summed E-state index contributed by atoms with van der Waals surface area (Å²) in [5.41, 5.74) is 3.43. The molecule has 1 aromatic heterocycles. The van der Waals surface area contributed by atoms with Gasteiger partial charge in [-0.05, 0) is 29.7 Å². The van der Waals surface area contributed by atoms with E-state index < -0.39 is 0 Å². The summed E-state index contributed by atoms with van der Waals surface area (Å²) in [5.74, 6) is 0.486. The van der Waals surface area contributed by atoms with Crippen molar-refractivity contribution in [2.75, 3.05) is 12.4 Å². The van der Waals surface area contributed by atoms with Crippen LogP contribution in [0, 0.1) is 0 Å². The lowest BCUT2D eigenvalue weighted by molar-refractivity contribution is 0.0992. The highest BCUT2D eigenvalue weighted by Crippen LogP contribution is 2.27. The molecule has 0 aliphatic heterocycles. The van der Waals surface area contributed by atoms with E-state index in [-0.39, 0.29) is 5.91 Å². The molecule has 4 nitrogen and oxygen atoms in total. The molecule has 0 aliphatic carbocycles. The Balaban J connectivity index is 1.89. The molecule has 4 heteroatoms. The molecule has 124 valence electrons. The van der Waals surface area contributed by atoms with E-state index in [2.05, 4.69) is 19.2 Å². The van der Waals surface area contributed by atoms with Crippen LogP contribution in [0.1, 0.15) is 41.4 Å². The Morgan fingerprint density at radius 1 is 1.12 bits per heavy atom. The van der Waals surface area contributed by atoms with Gasteiger partial charge in [0.2, 0.25) is 0 Å². The van der Waals surface area contributed by atoms with Gasteiger partial charge in [-0.1, -0.05) is 44.2 Å². The second-order valence-electron chi connectivity index (χ2n) is 6.07. The first-order valence-corrected chi connectivity index (χ1v) is 8.00. The molecule has 24 heavy (non-hydrogen) atoms. The van der Waals surface area contributed by atoms with Crippen molar-refractivity contribution in [3.8, 4) is 0 Å². The fourth-order valence-electron chi connectivity index (χ4n) is 2.71. The van der Waals surface area contributed by atoms with Crippen LogP contribution in [-0.2, 0) is 11.3 Å². The van der Waals surface area contributed by atoms with Crippen LogP contribution in [0.3, 0.4) is 0 Å². The van der Waals surface area contributed by atoms with Gasteiger partial charge < -0.3 is 14.5 Å². The van der Waals surface area contributed by atoms with E-state index in [0.29, 0.717) is 23.9 Å². The van der Waals surface area contributed by atoms with E-state index in [1.54, 1.807) is 7.11 Å². The number of ether oxygens (including phenoxy) is 1. The number of para-hydroxylation sites is 1. The first-order chi connectivity index (χ1) is 11.6. The number of amides is 1. The molecule has 0 saturated carbocycles. The molecule has 0 unspecified atom stereocenters. The van der Waals surface area contributed by atoms with Gasteiger partial charge in [0.1, 0.15) is 5.58 Å². The zero-order valence-electron chi connectivity index (χ0n) is 14.1. The van der Waals surface area contributed by atoms with Crippen molar-refractivity contribution in [1.82, 2.24) is 0 Å². The summed E-state index contributed by atoms with van der Waals surface area (Å²) in [7, 11) is 1.61. The van der Waals surface area contributed by atoms with E-state index in [0.717, 1.165) is 16.6 Å². The monoisotopic (exact) mass is 323 g/mol. The number of fused-ring (bicyclic) bond motifs is 1. The molecule has 0 saturated heterocycles. The van der Waals surface area contributed by atoms with Crippen molar-refractivity contribution in [2.45, 2.75) is 26.4 Å². The average molecular weight is 323 g/mol. The van der Waals surface area contributed by atoms with Crippen molar-refractivity contribution in [2.24, 2.45) is 0 Å². The van der Waals surface area contributed by atoms with Crippen LogP contribution >= 0.6 is 0 Å². The van der Waals surface area contributed by atoms with Gasteiger partial charge in [-0.15, -0.1) is 0 Å². The molecule has 0 aliphatic rings. The molecule has 1 amide bonds. The lowest BCUT2D eigenvalue weighted by atomic mass is 10.0. The zero-order valence-corrected chi connectivity index (χ0v) is 14.1. The molecule has 3 rings (SSSR count). The number of anilines is 1. The van der Waals surface area contributed by atoms with Crippen LogP contribution in [0.2, 0.25) is 0 Å². The van der Waals surface area contributed by atoms with Gasteiger partial charge in [0, 0.05) is 23.7 Å². The van der Waals surface area contributed by atoms with Gasteiger partial charge in [-0.3, -0.25) is 4.79 Å². The smallest absolute Gasteiger partial charge is 0.291 e. The Morgan fingerprint density at radius 3 is 2.50 bits per heavy atom. The van der Waals surface area contributed by atoms with Crippen LogP contribution in [0.4, 0.5) is 5.69 Å². The van der Waals surface area contributed by atoms with Gasteiger partial charge in [-0.25, -0.2) is 0 Å². The fourth-order valence-corrected chi connectivity index (χ4v) is 2.71. The highest BCUT2D eigenvalue weighted by atomic mass is 16.5. The molecule has 2 aromatic carbocycles. The van der Waals surface area contributed by atoms with Crippen molar-refractivity contribution >= 4 is 22.6 Å². The summed E-state index contributed by atoms with van der Waals surface area (Å²) in [4.78, 5) is 12.6. The molecule has 0 spiro atoms. The predicted octanol–water partition coefficient (Wildman–Crippen LogP) is 4.95. The summed E-state index contributed by atoms with van der Waals surface area (Å²) in [6, 6.07) is 15.4. The SMILES string of the molecule is COCc1c(C(=O)Nc2ccc(C(C)C)cc2)oc2ccccc12. The van der Waals surface area contributed by atoms with Crippen LogP contribution in [-0.4, -0.2) is 13.0 Å². The second-order valence-corrected chi connectivity index (χ2v) is 6.07. The lowest BCUT2D eigenvalue weighted by Gasteiger charge is -2.08. The number of hydrogen-bond acceptors (Lipinski definition) is 3. The lowest BCUT2D eigenvalue weighted by Crippen LogP contribution is -2.13. The number of nitrogens with one attached hydrogen (secondary N) is 1. The van der Waals surface area contributed by atoms with E-state index in [1.807, 2.05) is 48.5 Å². The summed E-state index contributed by atoms with van der Waals surface area (Å²) >= 11 is 0. The molecular weight excluding hydrogens is 302 g/mol. The fraction of sp³-hybridized carbons (Fsp3) is 0.250. The minimum absolute atomic E-state index is 0.268. The molecule has 0 atom stereocenters. The summed E-state index contributed by atoms with van der Waals surface area (Å²) < 4.78 is 11.0. The first kappa shape index (κ1) is 16.3. The maximum absolute atomic E-state index is 12.6. The number of carbonyl (C=O) groups is 1. The standard InChI is InChI=1S/C20H21NO3/c1-13(2)14-8-10-15(11-9-14)21-20(22)19-17(12-23-3)16-6-4-5-7-18(16)24-19/h4-11,13H,12H2,1-3H3,(H,21,22). The third kappa shape index (κ3) is 3.19. The zero-order chi connectivity index (χ0) is 17.1. The van der Waals surface area contributed by atoms with Gasteiger partial charge in [-0.2, -0.15) is 0 Å². The minimum Gasteiger partial charge on any atom is -0.451 e. The maximum atomic E-state index is 12.6. The maximum Gasteiger partial charge on any atom is 0.291 e. The number of benzene rings is 2. The third-order valence-corrected chi connectivity index (χ3v) is 4.03. The Bertz CT molecular complexity index is 847.